The van der Waals surface area contributed by atoms with Crippen molar-refractivity contribution in [2.24, 2.45) is 0 Å². The molecule has 2 nitrogen and oxygen atoms in total. The standard InChI is InChI=1S/C63H46N2/c1-43-32-39-59(44(2)40-43)65(50-28-16-7-17-29-50)52-35-38-56-58(42-52)54-30-18-19-31-55(54)60-57-36-33-45-41-51(64(48-24-12-5-13-25-48)49-26-14-6-15-27-49)34-37-53(45)61(57)63(62(56)60,46-20-8-3-9-21-46)47-22-10-4-11-23-47/h3-42H,1-2H3. The SMILES string of the molecule is Cc1ccc(N(c2ccccc2)c2ccc3c4c(c5ccccc5c3c2)-c2ccc3cc(N(c5ccccc5)c5ccccc5)ccc3c2C4(c2ccccc2)c2ccccc2)c(C)c1. The first-order valence-corrected chi connectivity index (χ1v) is 22.6. The van der Waals surface area contributed by atoms with Crippen LogP contribution in [0.1, 0.15) is 33.4 Å². The van der Waals surface area contributed by atoms with Crippen molar-refractivity contribution in [1.82, 2.24) is 0 Å². The zero-order chi connectivity index (χ0) is 43.5. The summed E-state index contributed by atoms with van der Waals surface area (Å²) in [5, 5.41) is 7.44. The van der Waals surface area contributed by atoms with Crippen molar-refractivity contribution in [3.63, 3.8) is 0 Å². The Labute approximate surface area is 380 Å². The molecule has 0 saturated heterocycles. The molecule has 65 heavy (non-hydrogen) atoms. The first-order valence-electron chi connectivity index (χ1n) is 22.6. The summed E-state index contributed by atoms with van der Waals surface area (Å²) in [7, 11) is 0. The summed E-state index contributed by atoms with van der Waals surface area (Å²) in [5.74, 6) is 0. The maximum Gasteiger partial charge on any atom is 0.0725 e. The molecule has 0 N–H and O–H groups in total. The monoisotopic (exact) mass is 830 g/mol. The van der Waals surface area contributed by atoms with Gasteiger partial charge in [-0.3, -0.25) is 0 Å². The molecule has 308 valence electrons. The van der Waals surface area contributed by atoms with E-state index in [0.717, 1.165) is 28.4 Å². The van der Waals surface area contributed by atoms with Crippen LogP contribution < -0.4 is 9.80 Å². The van der Waals surface area contributed by atoms with Gasteiger partial charge in [-0.05, 0) is 152 Å². The van der Waals surface area contributed by atoms with Gasteiger partial charge in [0.15, 0.2) is 0 Å². The maximum absolute atomic E-state index is 2.44. The van der Waals surface area contributed by atoms with Crippen LogP contribution in [0.4, 0.5) is 34.1 Å². The highest BCUT2D eigenvalue weighted by Gasteiger charge is 2.49. The zero-order valence-electron chi connectivity index (χ0n) is 36.5. The number of benzene rings is 11. The second-order valence-corrected chi connectivity index (χ2v) is 17.4. The number of para-hydroxylation sites is 3. The molecular formula is C63H46N2. The molecule has 11 aromatic carbocycles. The average molecular weight is 831 g/mol. The first-order chi connectivity index (χ1) is 32.1. The van der Waals surface area contributed by atoms with Gasteiger partial charge >= 0.3 is 0 Å². The van der Waals surface area contributed by atoms with Crippen molar-refractivity contribution in [2.45, 2.75) is 19.3 Å². The minimum Gasteiger partial charge on any atom is -0.310 e. The molecule has 0 unspecified atom stereocenters. The van der Waals surface area contributed by atoms with E-state index in [4.69, 9.17) is 0 Å². The highest BCUT2D eigenvalue weighted by Crippen LogP contribution is 2.62. The Morgan fingerprint density at radius 2 is 0.831 bits per heavy atom. The number of hydrogen-bond acceptors (Lipinski definition) is 2. The molecule has 0 aliphatic heterocycles. The summed E-state index contributed by atoms with van der Waals surface area (Å²) in [4.78, 5) is 4.78. The highest BCUT2D eigenvalue weighted by atomic mass is 15.1. The summed E-state index contributed by atoms with van der Waals surface area (Å²) in [5.41, 5.74) is 16.4. The number of nitrogens with zero attached hydrogens (tertiary/aromatic N) is 2. The third-order valence-corrected chi connectivity index (χ3v) is 13.6. The Bertz CT molecular complexity index is 3470. The molecule has 0 bridgehead atoms. The van der Waals surface area contributed by atoms with Crippen LogP contribution in [-0.4, -0.2) is 0 Å². The van der Waals surface area contributed by atoms with Crippen molar-refractivity contribution in [2.75, 3.05) is 9.80 Å². The first kappa shape index (κ1) is 38.5. The molecule has 0 radical (unpaired) electrons. The van der Waals surface area contributed by atoms with Gasteiger partial charge in [-0.1, -0.05) is 181 Å². The number of fused-ring (bicyclic) bond motifs is 10. The fraction of sp³-hybridized carbons (Fsp3) is 0.0476. The molecule has 0 amide bonds. The minimum absolute atomic E-state index is 0.650. The summed E-state index contributed by atoms with van der Waals surface area (Å²) >= 11 is 0. The van der Waals surface area contributed by atoms with Crippen LogP contribution in [0.2, 0.25) is 0 Å². The summed E-state index contributed by atoms with van der Waals surface area (Å²) in [6, 6.07) is 89.6. The van der Waals surface area contributed by atoms with Crippen LogP contribution in [-0.2, 0) is 5.41 Å². The fourth-order valence-electron chi connectivity index (χ4n) is 11.0. The van der Waals surface area contributed by atoms with Crippen molar-refractivity contribution in [3.8, 4) is 11.1 Å². The normalized spacial score (nSPS) is 12.6. The van der Waals surface area contributed by atoms with Crippen LogP contribution in [0.3, 0.4) is 0 Å². The summed E-state index contributed by atoms with van der Waals surface area (Å²) in [6.45, 7) is 4.39. The Balaban J connectivity index is 1.18. The van der Waals surface area contributed by atoms with Gasteiger partial charge in [-0.2, -0.15) is 0 Å². The van der Waals surface area contributed by atoms with E-state index in [-0.39, 0.29) is 0 Å². The molecular weight excluding hydrogens is 785 g/mol. The van der Waals surface area contributed by atoms with Gasteiger partial charge in [0.2, 0.25) is 0 Å². The van der Waals surface area contributed by atoms with Gasteiger partial charge in [-0.25, -0.2) is 0 Å². The largest absolute Gasteiger partial charge is 0.310 e. The van der Waals surface area contributed by atoms with Gasteiger partial charge in [-0.15, -0.1) is 0 Å². The van der Waals surface area contributed by atoms with E-state index in [0.29, 0.717) is 0 Å². The van der Waals surface area contributed by atoms with Crippen LogP contribution in [0.5, 0.6) is 0 Å². The van der Waals surface area contributed by atoms with Crippen molar-refractivity contribution >= 4 is 66.4 Å². The molecule has 0 fully saturated rings. The Hall–Kier alpha value is -8.20. The predicted octanol–water partition coefficient (Wildman–Crippen LogP) is 17.1. The molecule has 11 aromatic rings. The van der Waals surface area contributed by atoms with E-state index >= 15 is 0 Å². The van der Waals surface area contributed by atoms with E-state index < -0.39 is 5.41 Å². The van der Waals surface area contributed by atoms with Gasteiger partial charge in [0.05, 0.1) is 5.41 Å². The summed E-state index contributed by atoms with van der Waals surface area (Å²) in [6.07, 6.45) is 0. The van der Waals surface area contributed by atoms with Crippen molar-refractivity contribution < 1.29 is 0 Å². The second-order valence-electron chi connectivity index (χ2n) is 17.4. The predicted molar refractivity (Wildman–Crippen MR) is 275 cm³/mol. The fourth-order valence-corrected chi connectivity index (χ4v) is 11.0. The van der Waals surface area contributed by atoms with Crippen LogP contribution in [0.25, 0.3) is 43.4 Å². The lowest BCUT2D eigenvalue weighted by atomic mass is 9.65. The quantitative estimate of drug-likeness (QED) is 0.141. The summed E-state index contributed by atoms with van der Waals surface area (Å²) < 4.78 is 0. The molecule has 1 aliphatic rings. The molecule has 0 atom stereocenters. The number of rotatable bonds is 8. The third kappa shape index (κ3) is 6.09. The molecule has 0 aromatic heterocycles. The minimum atomic E-state index is -0.650. The van der Waals surface area contributed by atoms with Gasteiger partial charge in [0.1, 0.15) is 0 Å². The smallest absolute Gasteiger partial charge is 0.0725 e. The van der Waals surface area contributed by atoms with E-state index in [1.54, 1.807) is 0 Å². The highest BCUT2D eigenvalue weighted by molar-refractivity contribution is 6.21. The van der Waals surface area contributed by atoms with E-state index in [2.05, 4.69) is 266 Å². The number of anilines is 6. The van der Waals surface area contributed by atoms with Crippen molar-refractivity contribution in [3.05, 3.63) is 276 Å². The Morgan fingerprint density at radius 1 is 0.323 bits per heavy atom. The van der Waals surface area contributed by atoms with E-state index in [1.807, 2.05) is 0 Å². The van der Waals surface area contributed by atoms with Crippen LogP contribution in [0.15, 0.2) is 243 Å². The molecule has 1 aliphatic carbocycles. The molecule has 2 heteroatoms. The Morgan fingerprint density at radius 3 is 1.42 bits per heavy atom. The molecule has 0 heterocycles. The van der Waals surface area contributed by atoms with E-state index in [1.165, 1.54) is 82.5 Å². The lowest BCUT2D eigenvalue weighted by Crippen LogP contribution is -2.29. The third-order valence-electron chi connectivity index (χ3n) is 13.6. The van der Waals surface area contributed by atoms with Gasteiger partial charge in [0.25, 0.3) is 0 Å². The number of hydrogen-bond donors (Lipinski definition) is 0. The molecule has 0 spiro atoms. The molecule has 12 rings (SSSR count). The number of aryl methyl sites for hydroxylation is 2. The topological polar surface area (TPSA) is 6.48 Å². The average Bonchev–Trinajstić information content (AvgIpc) is 3.69. The van der Waals surface area contributed by atoms with Crippen molar-refractivity contribution in [1.29, 1.82) is 0 Å². The molecule has 0 saturated carbocycles. The van der Waals surface area contributed by atoms with Gasteiger partial charge < -0.3 is 9.80 Å². The van der Waals surface area contributed by atoms with Crippen LogP contribution >= 0.6 is 0 Å². The van der Waals surface area contributed by atoms with Gasteiger partial charge in [0, 0.05) is 34.1 Å². The lowest BCUT2D eigenvalue weighted by Gasteiger charge is -2.36. The lowest BCUT2D eigenvalue weighted by molar-refractivity contribution is 0.783. The Kier molecular flexibility index (Phi) is 9.21. The zero-order valence-corrected chi connectivity index (χ0v) is 36.5. The van der Waals surface area contributed by atoms with E-state index in [9.17, 15) is 0 Å². The van der Waals surface area contributed by atoms with Crippen LogP contribution in [0, 0.1) is 13.8 Å². The second kappa shape index (κ2) is 15.6. The maximum atomic E-state index is 2.44.